The summed E-state index contributed by atoms with van der Waals surface area (Å²) in [6.07, 6.45) is 0.831. The zero-order valence-electron chi connectivity index (χ0n) is 14.4. The minimum absolute atomic E-state index is 0.0572. The fourth-order valence-electron chi connectivity index (χ4n) is 3.61. The summed E-state index contributed by atoms with van der Waals surface area (Å²) in [5.74, 6) is 0. The molecule has 1 aromatic heterocycles. The normalized spacial score (nSPS) is 19.3. The SMILES string of the molecule is Cc1ccc2c(c1)COC(=O)N2C1CCN(S(=O)(=O)c2ccsc2)CC1. The van der Waals surface area contributed by atoms with Crippen molar-refractivity contribution in [2.75, 3.05) is 18.0 Å². The average Bonchev–Trinajstić information content (AvgIpc) is 3.17. The zero-order chi connectivity index (χ0) is 18.3. The zero-order valence-corrected chi connectivity index (χ0v) is 16.1. The van der Waals surface area contributed by atoms with Gasteiger partial charge in [-0.2, -0.15) is 15.6 Å². The molecule has 1 saturated heterocycles. The molecule has 1 aromatic carbocycles. The lowest BCUT2D eigenvalue weighted by molar-refractivity contribution is 0.135. The summed E-state index contributed by atoms with van der Waals surface area (Å²) >= 11 is 1.37. The molecular weight excluding hydrogens is 372 g/mol. The van der Waals surface area contributed by atoms with Crippen LogP contribution in [0.4, 0.5) is 10.5 Å². The molecule has 8 heteroatoms. The predicted octanol–water partition coefficient (Wildman–Crippen LogP) is 3.37. The molecule has 2 aliphatic heterocycles. The molecule has 2 aromatic rings. The van der Waals surface area contributed by atoms with Gasteiger partial charge in [0.05, 0.1) is 10.6 Å². The summed E-state index contributed by atoms with van der Waals surface area (Å²) in [5.41, 5.74) is 3.00. The van der Waals surface area contributed by atoms with E-state index in [0.717, 1.165) is 16.8 Å². The van der Waals surface area contributed by atoms with Gasteiger partial charge in [0.15, 0.2) is 0 Å². The monoisotopic (exact) mass is 392 g/mol. The maximum absolute atomic E-state index is 12.7. The molecule has 0 spiro atoms. The Morgan fingerprint density at radius 3 is 2.65 bits per heavy atom. The number of cyclic esters (lactones) is 1. The molecule has 0 unspecified atom stereocenters. The maximum Gasteiger partial charge on any atom is 0.414 e. The Morgan fingerprint density at radius 2 is 1.96 bits per heavy atom. The Hall–Kier alpha value is -1.90. The number of fused-ring (bicyclic) bond motifs is 1. The van der Waals surface area contributed by atoms with Gasteiger partial charge in [0.25, 0.3) is 0 Å². The van der Waals surface area contributed by atoms with E-state index in [0.29, 0.717) is 30.8 Å². The molecule has 26 heavy (non-hydrogen) atoms. The van der Waals surface area contributed by atoms with Crippen molar-refractivity contribution in [3.63, 3.8) is 0 Å². The van der Waals surface area contributed by atoms with Crippen LogP contribution in [0, 0.1) is 6.92 Å². The number of benzene rings is 1. The van der Waals surface area contributed by atoms with Gasteiger partial charge in [0, 0.05) is 30.1 Å². The molecule has 0 aliphatic carbocycles. The Labute approximate surface area is 157 Å². The topological polar surface area (TPSA) is 66.9 Å². The number of ether oxygens (including phenoxy) is 1. The maximum atomic E-state index is 12.7. The fourth-order valence-corrected chi connectivity index (χ4v) is 6.09. The van der Waals surface area contributed by atoms with Crippen LogP contribution < -0.4 is 4.90 Å². The number of thiophene rings is 1. The molecule has 2 aliphatic rings. The highest BCUT2D eigenvalue weighted by atomic mass is 32.2. The molecule has 0 saturated carbocycles. The second-order valence-electron chi connectivity index (χ2n) is 6.65. The predicted molar refractivity (Wildman–Crippen MR) is 99.9 cm³/mol. The van der Waals surface area contributed by atoms with Crippen molar-refractivity contribution in [2.45, 2.75) is 37.3 Å². The van der Waals surface area contributed by atoms with Crippen molar-refractivity contribution in [1.82, 2.24) is 4.31 Å². The summed E-state index contributed by atoms with van der Waals surface area (Å²) < 4.78 is 32.2. The first-order chi connectivity index (χ1) is 12.5. The van der Waals surface area contributed by atoms with E-state index < -0.39 is 10.0 Å². The largest absolute Gasteiger partial charge is 0.444 e. The Kier molecular flexibility index (Phi) is 4.50. The molecule has 6 nitrogen and oxygen atoms in total. The third-order valence-electron chi connectivity index (χ3n) is 4.96. The van der Waals surface area contributed by atoms with Gasteiger partial charge in [-0.15, -0.1) is 0 Å². The van der Waals surface area contributed by atoms with Gasteiger partial charge in [-0.25, -0.2) is 13.2 Å². The van der Waals surface area contributed by atoms with Gasteiger partial charge in [0.1, 0.15) is 6.61 Å². The number of piperidine rings is 1. The minimum Gasteiger partial charge on any atom is -0.444 e. The van der Waals surface area contributed by atoms with Crippen LogP contribution in [0.2, 0.25) is 0 Å². The summed E-state index contributed by atoms with van der Waals surface area (Å²) in [6.45, 7) is 3.09. The van der Waals surface area contributed by atoms with Gasteiger partial charge in [0.2, 0.25) is 10.0 Å². The first-order valence-electron chi connectivity index (χ1n) is 8.54. The summed E-state index contributed by atoms with van der Waals surface area (Å²) in [5, 5.41) is 3.42. The number of hydrogen-bond acceptors (Lipinski definition) is 5. The van der Waals surface area contributed by atoms with Crippen molar-refractivity contribution in [2.24, 2.45) is 0 Å². The molecule has 138 valence electrons. The van der Waals surface area contributed by atoms with Crippen LogP contribution in [0.15, 0.2) is 39.9 Å². The molecule has 3 heterocycles. The average molecular weight is 393 g/mol. The lowest BCUT2D eigenvalue weighted by Crippen LogP contribution is -2.50. The van der Waals surface area contributed by atoms with E-state index in [-0.39, 0.29) is 18.7 Å². The van der Waals surface area contributed by atoms with Crippen molar-refractivity contribution < 1.29 is 17.9 Å². The van der Waals surface area contributed by atoms with E-state index in [4.69, 9.17) is 4.74 Å². The standard InChI is InChI=1S/C18H20N2O4S2/c1-13-2-3-17-14(10-13)11-24-18(21)20(17)15-4-7-19(8-5-15)26(22,23)16-6-9-25-12-16/h2-3,6,9-10,12,15H,4-5,7-8,11H2,1H3. The highest BCUT2D eigenvalue weighted by molar-refractivity contribution is 7.89. The minimum atomic E-state index is -3.44. The number of sulfonamides is 1. The van der Waals surface area contributed by atoms with Crippen LogP contribution in [0.3, 0.4) is 0 Å². The van der Waals surface area contributed by atoms with E-state index in [1.54, 1.807) is 21.7 Å². The van der Waals surface area contributed by atoms with E-state index in [1.165, 1.54) is 15.6 Å². The fraction of sp³-hybridized carbons (Fsp3) is 0.389. The van der Waals surface area contributed by atoms with E-state index >= 15 is 0 Å². The first-order valence-corrected chi connectivity index (χ1v) is 10.9. The molecule has 0 radical (unpaired) electrons. The molecule has 0 atom stereocenters. The number of anilines is 1. The molecule has 1 fully saturated rings. The number of amides is 1. The van der Waals surface area contributed by atoms with Crippen LogP contribution >= 0.6 is 11.3 Å². The van der Waals surface area contributed by atoms with E-state index in [1.807, 2.05) is 25.1 Å². The van der Waals surface area contributed by atoms with Crippen LogP contribution in [0.1, 0.15) is 24.0 Å². The third kappa shape index (κ3) is 3.02. The van der Waals surface area contributed by atoms with E-state index in [9.17, 15) is 13.2 Å². The van der Waals surface area contributed by atoms with Gasteiger partial charge >= 0.3 is 6.09 Å². The number of carbonyl (C=O) groups excluding carboxylic acids is 1. The van der Waals surface area contributed by atoms with Crippen molar-refractivity contribution in [3.05, 3.63) is 46.2 Å². The van der Waals surface area contributed by atoms with Crippen molar-refractivity contribution >= 4 is 33.1 Å². The highest BCUT2D eigenvalue weighted by Gasteiger charge is 2.37. The van der Waals surface area contributed by atoms with Crippen LogP contribution in [-0.4, -0.2) is 37.9 Å². The first kappa shape index (κ1) is 17.5. The number of rotatable bonds is 3. The van der Waals surface area contributed by atoms with Gasteiger partial charge in [-0.05, 0) is 37.3 Å². The molecule has 0 N–H and O–H groups in total. The molecular formula is C18H20N2O4S2. The summed E-state index contributed by atoms with van der Waals surface area (Å²) in [6, 6.07) is 7.55. The third-order valence-corrected chi connectivity index (χ3v) is 7.69. The lowest BCUT2D eigenvalue weighted by Gasteiger charge is -2.39. The molecule has 0 bridgehead atoms. The number of carbonyl (C=O) groups is 1. The smallest absolute Gasteiger partial charge is 0.414 e. The summed E-state index contributed by atoms with van der Waals surface area (Å²) in [4.78, 5) is 14.4. The lowest BCUT2D eigenvalue weighted by atomic mass is 10.0. The quantitative estimate of drug-likeness (QED) is 0.803. The second kappa shape index (κ2) is 6.68. The number of nitrogens with zero attached hydrogens (tertiary/aromatic N) is 2. The highest BCUT2D eigenvalue weighted by Crippen LogP contribution is 2.33. The van der Waals surface area contributed by atoms with Crippen LogP contribution in [0.5, 0.6) is 0 Å². The van der Waals surface area contributed by atoms with Gasteiger partial charge in [-0.3, -0.25) is 4.90 Å². The number of aryl methyl sites for hydroxylation is 1. The summed E-state index contributed by atoms with van der Waals surface area (Å²) in [7, 11) is -3.44. The van der Waals surface area contributed by atoms with Crippen LogP contribution in [0.25, 0.3) is 0 Å². The van der Waals surface area contributed by atoms with Crippen molar-refractivity contribution in [1.29, 1.82) is 0 Å². The second-order valence-corrected chi connectivity index (χ2v) is 9.37. The van der Waals surface area contributed by atoms with Gasteiger partial charge < -0.3 is 4.74 Å². The Balaban J connectivity index is 1.53. The molecule has 4 rings (SSSR count). The van der Waals surface area contributed by atoms with E-state index in [2.05, 4.69) is 0 Å². The number of hydrogen-bond donors (Lipinski definition) is 0. The Morgan fingerprint density at radius 1 is 1.19 bits per heavy atom. The van der Waals surface area contributed by atoms with Crippen LogP contribution in [-0.2, 0) is 21.4 Å². The van der Waals surface area contributed by atoms with Crippen molar-refractivity contribution in [3.8, 4) is 0 Å². The van der Waals surface area contributed by atoms with Gasteiger partial charge in [-0.1, -0.05) is 17.7 Å². The molecule has 1 amide bonds. The Bertz CT molecular complexity index is 917.